The summed E-state index contributed by atoms with van der Waals surface area (Å²) in [4.78, 5) is 51.5. The summed E-state index contributed by atoms with van der Waals surface area (Å²) in [5, 5.41) is 3.93. The summed E-state index contributed by atoms with van der Waals surface area (Å²) in [5.41, 5.74) is 1.31. The first kappa shape index (κ1) is 35.0. The molecule has 2 saturated heterocycles. The van der Waals surface area contributed by atoms with Crippen LogP contribution in [0.15, 0.2) is 66.7 Å². The molecular formula is C41H50N4O6. The number of methoxy groups -OCH3 is 1. The summed E-state index contributed by atoms with van der Waals surface area (Å²) in [6.07, 6.45) is 12.5. The van der Waals surface area contributed by atoms with Crippen LogP contribution >= 0.6 is 0 Å². The third-order valence-electron chi connectivity index (χ3n) is 11.0. The molecule has 0 radical (unpaired) electrons. The first-order valence-corrected chi connectivity index (χ1v) is 18.8. The van der Waals surface area contributed by atoms with Crippen molar-refractivity contribution in [2.45, 2.75) is 94.9 Å². The van der Waals surface area contributed by atoms with Crippen LogP contribution in [0.3, 0.4) is 0 Å². The van der Waals surface area contributed by atoms with E-state index in [9.17, 15) is 14.4 Å². The molecule has 3 fully saturated rings. The lowest BCUT2D eigenvalue weighted by atomic mass is 10.0. The molecule has 7 rings (SSSR count). The number of nitrogens with zero attached hydrogens (tertiary/aromatic N) is 3. The lowest BCUT2D eigenvalue weighted by Gasteiger charge is -2.37. The SMILES string of the molecule is CCOC(=O)[C@@]12C[C@H]1/C=C\CCCCC[C@H](N1CCCCC1)C(=O)N1C[C@H](Oc3cc(-c4ccccc4)nc4cc(OC)ccc34)C[C@H]1C(=O)N2. The molecule has 4 aliphatic rings. The fraction of sp³-hybridized carbons (Fsp3) is 0.512. The van der Waals surface area contributed by atoms with Gasteiger partial charge >= 0.3 is 5.97 Å². The lowest BCUT2D eigenvalue weighted by molar-refractivity contribution is -0.150. The molecule has 1 saturated carbocycles. The minimum absolute atomic E-state index is 0.0250. The van der Waals surface area contributed by atoms with Crippen LogP contribution < -0.4 is 14.8 Å². The van der Waals surface area contributed by atoms with Gasteiger partial charge in [-0.15, -0.1) is 0 Å². The Bertz CT molecular complexity index is 1760. The second-order valence-electron chi connectivity index (χ2n) is 14.4. The van der Waals surface area contributed by atoms with Gasteiger partial charge in [0.25, 0.3) is 0 Å². The highest BCUT2D eigenvalue weighted by Crippen LogP contribution is 2.46. The number of pyridine rings is 1. The van der Waals surface area contributed by atoms with Gasteiger partial charge in [-0.25, -0.2) is 9.78 Å². The number of carbonyl (C=O) groups is 3. The Balaban J connectivity index is 1.23. The zero-order valence-corrected chi connectivity index (χ0v) is 29.9. The van der Waals surface area contributed by atoms with Gasteiger partial charge in [0.1, 0.15) is 29.2 Å². The van der Waals surface area contributed by atoms with Gasteiger partial charge in [-0.2, -0.15) is 0 Å². The first-order chi connectivity index (χ1) is 24.9. The summed E-state index contributed by atoms with van der Waals surface area (Å²) in [6, 6.07) is 16.5. The second-order valence-corrected chi connectivity index (χ2v) is 14.4. The fourth-order valence-corrected chi connectivity index (χ4v) is 8.15. The van der Waals surface area contributed by atoms with Crippen molar-refractivity contribution >= 4 is 28.7 Å². The molecule has 3 aromatic rings. The van der Waals surface area contributed by atoms with Gasteiger partial charge in [-0.3, -0.25) is 14.5 Å². The summed E-state index contributed by atoms with van der Waals surface area (Å²) < 4.78 is 17.8. The number of amides is 2. The van der Waals surface area contributed by atoms with E-state index in [1.807, 2.05) is 54.6 Å². The molecule has 1 aliphatic carbocycles. The normalized spacial score (nSPS) is 28.1. The van der Waals surface area contributed by atoms with Gasteiger partial charge in [0.2, 0.25) is 11.8 Å². The number of hydrogen-bond donors (Lipinski definition) is 1. The van der Waals surface area contributed by atoms with Crippen LogP contribution in [-0.4, -0.2) is 89.6 Å². The maximum atomic E-state index is 14.8. The van der Waals surface area contributed by atoms with Crippen LogP contribution in [0.2, 0.25) is 0 Å². The quantitative estimate of drug-likeness (QED) is 0.235. The molecule has 0 unspecified atom stereocenters. The zero-order chi connectivity index (χ0) is 35.4. The number of hydrogen-bond acceptors (Lipinski definition) is 8. The molecule has 0 spiro atoms. The maximum absolute atomic E-state index is 14.8. The number of allylic oxidation sites excluding steroid dienone is 1. The molecule has 4 heterocycles. The molecule has 3 aliphatic heterocycles. The highest BCUT2D eigenvalue weighted by atomic mass is 16.5. The first-order valence-electron chi connectivity index (χ1n) is 18.8. The van der Waals surface area contributed by atoms with Crippen molar-refractivity contribution in [2.75, 3.05) is 33.4 Å². The number of likely N-dealkylation sites (tertiary alicyclic amines) is 1. The van der Waals surface area contributed by atoms with Gasteiger partial charge < -0.3 is 24.4 Å². The summed E-state index contributed by atoms with van der Waals surface area (Å²) in [7, 11) is 1.63. The molecule has 10 heteroatoms. The minimum Gasteiger partial charge on any atom is -0.497 e. The van der Waals surface area contributed by atoms with E-state index in [1.54, 1.807) is 18.9 Å². The van der Waals surface area contributed by atoms with Crippen molar-refractivity contribution in [3.05, 3.63) is 66.7 Å². The highest BCUT2D eigenvalue weighted by Gasteiger charge is 2.62. The van der Waals surface area contributed by atoms with Gasteiger partial charge in [0, 0.05) is 35.4 Å². The number of benzene rings is 2. The molecule has 10 nitrogen and oxygen atoms in total. The van der Waals surface area contributed by atoms with Crippen LogP contribution in [-0.2, 0) is 19.1 Å². The van der Waals surface area contributed by atoms with E-state index in [2.05, 4.69) is 22.4 Å². The number of carbonyl (C=O) groups excluding carboxylic acids is 3. The summed E-state index contributed by atoms with van der Waals surface area (Å²) in [5.74, 6) is 0.404. The van der Waals surface area contributed by atoms with E-state index in [0.717, 1.165) is 80.2 Å². The van der Waals surface area contributed by atoms with E-state index in [-0.39, 0.29) is 36.9 Å². The monoisotopic (exact) mass is 694 g/mol. The van der Waals surface area contributed by atoms with Crippen LogP contribution in [0.25, 0.3) is 22.2 Å². The number of aromatic nitrogens is 1. The zero-order valence-electron chi connectivity index (χ0n) is 29.9. The van der Waals surface area contributed by atoms with Crippen molar-refractivity contribution in [1.29, 1.82) is 0 Å². The van der Waals surface area contributed by atoms with Gasteiger partial charge in [0.15, 0.2) is 0 Å². The molecule has 2 aromatic carbocycles. The number of fused-ring (bicyclic) bond motifs is 3. The average molecular weight is 695 g/mol. The van der Waals surface area contributed by atoms with E-state index in [1.165, 1.54) is 6.42 Å². The van der Waals surface area contributed by atoms with Crippen molar-refractivity contribution in [2.24, 2.45) is 5.92 Å². The number of ether oxygens (including phenoxy) is 3. The van der Waals surface area contributed by atoms with E-state index >= 15 is 0 Å². The molecule has 1 N–H and O–H groups in total. The Morgan fingerprint density at radius 1 is 0.980 bits per heavy atom. The summed E-state index contributed by atoms with van der Waals surface area (Å²) in [6.45, 7) is 4.03. The molecular weight excluding hydrogens is 644 g/mol. The number of piperidine rings is 1. The molecule has 2 amide bonds. The van der Waals surface area contributed by atoms with Crippen molar-refractivity contribution < 1.29 is 28.6 Å². The van der Waals surface area contributed by atoms with Crippen LogP contribution in [0.4, 0.5) is 0 Å². The predicted octanol–water partition coefficient (Wildman–Crippen LogP) is 6.07. The van der Waals surface area contributed by atoms with Gasteiger partial charge in [-0.1, -0.05) is 61.7 Å². The number of nitrogens with one attached hydrogen (secondary N) is 1. The topological polar surface area (TPSA) is 110 Å². The van der Waals surface area contributed by atoms with E-state index in [4.69, 9.17) is 19.2 Å². The minimum atomic E-state index is -1.12. The smallest absolute Gasteiger partial charge is 0.332 e. The Kier molecular flexibility index (Phi) is 10.6. The van der Waals surface area contributed by atoms with Crippen molar-refractivity contribution in [1.82, 2.24) is 20.1 Å². The Morgan fingerprint density at radius 3 is 2.57 bits per heavy atom. The number of esters is 1. The largest absolute Gasteiger partial charge is 0.497 e. The Hall–Kier alpha value is -4.44. The van der Waals surface area contributed by atoms with Crippen LogP contribution in [0.5, 0.6) is 11.5 Å². The third-order valence-corrected chi connectivity index (χ3v) is 11.0. The summed E-state index contributed by atoms with van der Waals surface area (Å²) >= 11 is 0. The van der Waals surface area contributed by atoms with E-state index < -0.39 is 23.7 Å². The van der Waals surface area contributed by atoms with Crippen LogP contribution in [0.1, 0.15) is 71.1 Å². The molecule has 5 atom stereocenters. The predicted molar refractivity (Wildman–Crippen MR) is 195 cm³/mol. The highest BCUT2D eigenvalue weighted by molar-refractivity contribution is 5.96. The Labute approximate surface area is 300 Å². The van der Waals surface area contributed by atoms with Gasteiger partial charge in [0.05, 0.1) is 37.5 Å². The molecule has 270 valence electrons. The van der Waals surface area contributed by atoms with E-state index in [0.29, 0.717) is 24.3 Å². The second kappa shape index (κ2) is 15.4. The maximum Gasteiger partial charge on any atom is 0.332 e. The molecule has 0 bridgehead atoms. The molecule has 51 heavy (non-hydrogen) atoms. The fourth-order valence-electron chi connectivity index (χ4n) is 8.15. The van der Waals surface area contributed by atoms with Crippen molar-refractivity contribution in [3.8, 4) is 22.8 Å². The standard InChI is InChI=1S/C41H50N4O6/c1-3-50-40(48)41-26-29(41)17-11-5-4-6-12-18-35(44-21-13-8-14-22-44)39(47)45-27-31(24-36(45)38(46)43-41)51-37-25-33(28-15-9-7-10-16-28)42-34-23-30(49-2)19-20-32(34)37/h7,9-11,15-17,19-20,23,25,29,31,35-36H,3-6,8,12-14,18,21-22,24,26-27H2,1-2H3,(H,43,46)/b17-11-/t29-,31-,35+,36+,41-/m1/s1. The number of rotatable bonds is 7. The molecule has 1 aromatic heterocycles. The van der Waals surface area contributed by atoms with Crippen LogP contribution in [0, 0.1) is 5.92 Å². The average Bonchev–Trinajstić information content (AvgIpc) is 3.69. The third kappa shape index (κ3) is 7.47. The lowest BCUT2D eigenvalue weighted by Crippen LogP contribution is -2.57. The van der Waals surface area contributed by atoms with Gasteiger partial charge in [-0.05, 0) is 70.7 Å². The van der Waals surface area contributed by atoms with Crippen molar-refractivity contribution in [3.63, 3.8) is 0 Å². The Morgan fingerprint density at radius 2 is 1.78 bits per heavy atom.